The molecule has 0 unspecified atom stereocenters. The standard InChI is InChI=1S/C14H8ClFN2O/c15-9-4-5-10-11(16)8-18(13(10)7-9)14(19)12-3-1-2-6-17-12/h1-8H. The summed E-state index contributed by atoms with van der Waals surface area (Å²) in [4.78, 5) is 16.2. The van der Waals surface area contributed by atoms with Gasteiger partial charge in [0, 0.05) is 22.8 Å². The summed E-state index contributed by atoms with van der Waals surface area (Å²) in [5.74, 6) is -0.854. The topological polar surface area (TPSA) is 34.9 Å². The van der Waals surface area contributed by atoms with E-state index in [9.17, 15) is 9.18 Å². The van der Waals surface area contributed by atoms with Crippen LogP contribution in [-0.2, 0) is 0 Å². The second-order valence-corrected chi connectivity index (χ2v) is 4.47. The largest absolute Gasteiger partial charge is 0.281 e. The first-order chi connectivity index (χ1) is 9.16. The Balaban J connectivity index is 2.21. The van der Waals surface area contributed by atoms with Crippen LogP contribution in [0.15, 0.2) is 48.8 Å². The van der Waals surface area contributed by atoms with Crippen LogP contribution >= 0.6 is 11.6 Å². The van der Waals surface area contributed by atoms with Crippen molar-refractivity contribution in [3.05, 3.63) is 65.3 Å². The van der Waals surface area contributed by atoms with E-state index in [2.05, 4.69) is 4.98 Å². The van der Waals surface area contributed by atoms with Crippen LogP contribution in [0.1, 0.15) is 10.5 Å². The molecule has 2 aromatic heterocycles. The van der Waals surface area contributed by atoms with Gasteiger partial charge in [-0.05, 0) is 30.3 Å². The molecule has 0 N–H and O–H groups in total. The Bertz CT molecular complexity index is 768. The highest BCUT2D eigenvalue weighted by Gasteiger charge is 2.16. The van der Waals surface area contributed by atoms with E-state index in [1.54, 1.807) is 36.4 Å². The Labute approximate surface area is 113 Å². The van der Waals surface area contributed by atoms with Crippen LogP contribution in [0.4, 0.5) is 4.39 Å². The lowest BCUT2D eigenvalue weighted by atomic mass is 10.2. The fraction of sp³-hybridized carbons (Fsp3) is 0. The van der Waals surface area contributed by atoms with Gasteiger partial charge in [0.1, 0.15) is 11.5 Å². The molecule has 2 heterocycles. The number of halogens is 2. The molecule has 0 aliphatic rings. The van der Waals surface area contributed by atoms with Crippen LogP contribution in [-0.4, -0.2) is 15.5 Å². The van der Waals surface area contributed by atoms with Gasteiger partial charge in [-0.25, -0.2) is 4.39 Å². The molecule has 3 aromatic rings. The van der Waals surface area contributed by atoms with Crippen molar-refractivity contribution in [3.8, 4) is 0 Å². The maximum absolute atomic E-state index is 13.8. The summed E-state index contributed by atoms with van der Waals surface area (Å²) in [6.07, 6.45) is 2.67. The number of benzene rings is 1. The molecule has 1 aromatic carbocycles. The highest BCUT2D eigenvalue weighted by atomic mass is 35.5. The van der Waals surface area contributed by atoms with Crippen LogP contribution in [0.25, 0.3) is 10.9 Å². The van der Waals surface area contributed by atoms with E-state index < -0.39 is 11.7 Å². The monoisotopic (exact) mass is 274 g/mol. The molecule has 3 rings (SSSR count). The molecule has 0 atom stereocenters. The molecule has 0 saturated carbocycles. The highest BCUT2D eigenvalue weighted by molar-refractivity contribution is 6.31. The number of hydrogen-bond donors (Lipinski definition) is 0. The number of nitrogens with zero attached hydrogens (tertiary/aromatic N) is 2. The van der Waals surface area contributed by atoms with Crippen molar-refractivity contribution in [2.75, 3.05) is 0 Å². The van der Waals surface area contributed by atoms with E-state index in [1.807, 2.05) is 0 Å². The minimum absolute atomic E-state index is 0.249. The quantitative estimate of drug-likeness (QED) is 0.680. The summed E-state index contributed by atoms with van der Waals surface area (Å²) in [6.45, 7) is 0. The minimum Gasteiger partial charge on any atom is -0.279 e. The Morgan fingerprint density at radius 2 is 2.11 bits per heavy atom. The predicted molar refractivity (Wildman–Crippen MR) is 70.9 cm³/mol. The average Bonchev–Trinajstić information content (AvgIpc) is 2.75. The van der Waals surface area contributed by atoms with E-state index in [4.69, 9.17) is 11.6 Å². The van der Waals surface area contributed by atoms with E-state index in [0.717, 1.165) is 6.20 Å². The molecule has 0 radical (unpaired) electrons. The Morgan fingerprint density at radius 1 is 1.26 bits per heavy atom. The third-order valence-electron chi connectivity index (χ3n) is 2.82. The first-order valence-electron chi connectivity index (χ1n) is 5.58. The van der Waals surface area contributed by atoms with Gasteiger partial charge in [0.05, 0.1) is 5.52 Å². The van der Waals surface area contributed by atoms with Crippen molar-refractivity contribution in [1.29, 1.82) is 0 Å². The fourth-order valence-electron chi connectivity index (χ4n) is 1.94. The van der Waals surface area contributed by atoms with E-state index in [-0.39, 0.29) is 5.69 Å². The number of carbonyl (C=O) groups is 1. The van der Waals surface area contributed by atoms with Crippen molar-refractivity contribution in [1.82, 2.24) is 9.55 Å². The van der Waals surface area contributed by atoms with Crippen molar-refractivity contribution in [2.45, 2.75) is 0 Å². The average molecular weight is 275 g/mol. The Morgan fingerprint density at radius 3 is 2.84 bits per heavy atom. The van der Waals surface area contributed by atoms with Crippen LogP contribution < -0.4 is 0 Å². The van der Waals surface area contributed by atoms with E-state index in [0.29, 0.717) is 15.9 Å². The van der Waals surface area contributed by atoms with Crippen LogP contribution in [0, 0.1) is 5.82 Å². The SMILES string of the molecule is O=C(c1ccccn1)n1cc(F)c2ccc(Cl)cc21. The molecule has 0 amide bonds. The molecule has 5 heteroatoms. The normalized spacial score (nSPS) is 10.8. The van der Waals surface area contributed by atoms with Crippen molar-refractivity contribution < 1.29 is 9.18 Å². The van der Waals surface area contributed by atoms with Gasteiger partial charge in [-0.2, -0.15) is 0 Å². The summed E-state index contributed by atoms with van der Waals surface area (Å²) >= 11 is 5.89. The second-order valence-electron chi connectivity index (χ2n) is 4.03. The maximum Gasteiger partial charge on any atom is 0.281 e. The maximum atomic E-state index is 13.8. The van der Waals surface area contributed by atoms with Gasteiger partial charge in [-0.1, -0.05) is 17.7 Å². The number of pyridine rings is 1. The third-order valence-corrected chi connectivity index (χ3v) is 3.06. The van der Waals surface area contributed by atoms with E-state index >= 15 is 0 Å². The van der Waals surface area contributed by atoms with Crippen molar-refractivity contribution in [2.24, 2.45) is 0 Å². The number of fused-ring (bicyclic) bond motifs is 1. The minimum atomic E-state index is -0.462. The summed E-state index contributed by atoms with van der Waals surface area (Å²) < 4.78 is 15.0. The lowest BCUT2D eigenvalue weighted by molar-refractivity contribution is 0.0959. The van der Waals surface area contributed by atoms with Crippen molar-refractivity contribution >= 4 is 28.4 Å². The molecule has 0 fully saturated rings. The number of carbonyl (C=O) groups excluding carboxylic acids is 1. The Hall–Kier alpha value is -2.20. The molecular weight excluding hydrogens is 267 g/mol. The lowest BCUT2D eigenvalue weighted by Gasteiger charge is -2.03. The zero-order chi connectivity index (χ0) is 13.4. The van der Waals surface area contributed by atoms with Gasteiger partial charge < -0.3 is 0 Å². The molecular formula is C14H8ClFN2O. The molecule has 19 heavy (non-hydrogen) atoms. The van der Waals surface area contributed by atoms with Gasteiger partial charge in [0.2, 0.25) is 0 Å². The molecule has 94 valence electrons. The van der Waals surface area contributed by atoms with Gasteiger partial charge in [-0.3, -0.25) is 14.3 Å². The van der Waals surface area contributed by atoms with Gasteiger partial charge in [0.15, 0.2) is 0 Å². The zero-order valence-electron chi connectivity index (χ0n) is 9.68. The number of aromatic nitrogens is 2. The highest BCUT2D eigenvalue weighted by Crippen LogP contribution is 2.24. The van der Waals surface area contributed by atoms with E-state index in [1.165, 1.54) is 10.8 Å². The smallest absolute Gasteiger partial charge is 0.279 e. The summed E-state index contributed by atoms with van der Waals surface area (Å²) in [7, 11) is 0. The molecule has 0 saturated heterocycles. The Kier molecular flexibility index (Phi) is 2.80. The second kappa shape index (κ2) is 4.48. The van der Waals surface area contributed by atoms with Crippen molar-refractivity contribution in [3.63, 3.8) is 0 Å². The third kappa shape index (κ3) is 2.00. The van der Waals surface area contributed by atoms with Gasteiger partial charge in [-0.15, -0.1) is 0 Å². The molecule has 0 bridgehead atoms. The van der Waals surface area contributed by atoms with Gasteiger partial charge >= 0.3 is 0 Å². The molecule has 0 aliphatic heterocycles. The first-order valence-corrected chi connectivity index (χ1v) is 5.96. The predicted octanol–water partition coefficient (Wildman–Crippen LogP) is 3.52. The first kappa shape index (κ1) is 11.9. The van der Waals surface area contributed by atoms with Gasteiger partial charge in [0.25, 0.3) is 5.91 Å². The summed E-state index contributed by atoms with van der Waals surface area (Å²) in [6, 6.07) is 9.69. The van der Waals surface area contributed by atoms with Crippen LogP contribution in [0.2, 0.25) is 5.02 Å². The number of rotatable bonds is 1. The fourth-order valence-corrected chi connectivity index (χ4v) is 2.11. The van der Waals surface area contributed by atoms with Crippen LogP contribution in [0.3, 0.4) is 0 Å². The zero-order valence-corrected chi connectivity index (χ0v) is 10.4. The molecule has 0 spiro atoms. The summed E-state index contributed by atoms with van der Waals surface area (Å²) in [5.41, 5.74) is 0.681. The van der Waals surface area contributed by atoms with Crippen LogP contribution in [0.5, 0.6) is 0 Å². The summed E-state index contributed by atoms with van der Waals surface area (Å²) in [5, 5.41) is 0.800. The molecule has 3 nitrogen and oxygen atoms in total. The molecule has 0 aliphatic carbocycles. The lowest BCUT2D eigenvalue weighted by Crippen LogP contribution is -2.12. The number of hydrogen-bond acceptors (Lipinski definition) is 2.